The van der Waals surface area contributed by atoms with E-state index in [0.717, 1.165) is 11.3 Å². The van der Waals surface area contributed by atoms with Crippen molar-refractivity contribution < 1.29 is 4.79 Å². The number of hydrogen-bond acceptors (Lipinski definition) is 3. The molecule has 1 aliphatic heterocycles. The Kier molecular flexibility index (Phi) is 4.93. The van der Waals surface area contributed by atoms with Crippen LogP contribution in [-0.2, 0) is 11.3 Å². The first-order chi connectivity index (χ1) is 8.74. The van der Waals surface area contributed by atoms with E-state index < -0.39 is 0 Å². The van der Waals surface area contributed by atoms with Gasteiger partial charge >= 0.3 is 0 Å². The van der Waals surface area contributed by atoms with Crippen LogP contribution in [0.25, 0.3) is 0 Å². The summed E-state index contributed by atoms with van der Waals surface area (Å²) in [6.45, 7) is 0.598. The van der Waals surface area contributed by atoms with E-state index in [2.05, 4.69) is 5.32 Å². The smallest absolute Gasteiger partial charge is 0.220 e. The highest BCUT2D eigenvalue weighted by Gasteiger charge is 2.16. The van der Waals surface area contributed by atoms with E-state index in [9.17, 15) is 4.79 Å². The zero-order valence-electron chi connectivity index (χ0n) is 10.5. The van der Waals surface area contributed by atoms with Crippen LogP contribution in [0.15, 0.2) is 24.3 Å². The molecule has 0 saturated carbocycles. The van der Waals surface area contributed by atoms with Gasteiger partial charge in [-0.15, -0.1) is 0 Å². The third-order valence-electron chi connectivity index (χ3n) is 3.28. The van der Waals surface area contributed by atoms with Gasteiger partial charge in [-0.25, -0.2) is 0 Å². The number of carbonyl (C=O) groups is 1. The maximum atomic E-state index is 11.8. The molecule has 0 aromatic heterocycles. The molecule has 18 heavy (non-hydrogen) atoms. The summed E-state index contributed by atoms with van der Waals surface area (Å²) in [6.07, 6.45) is 3.04. The summed E-state index contributed by atoms with van der Waals surface area (Å²) >= 11 is 1.99. The second-order valence-corrected chi connectivity index (χ2v) is 6.00. The summed E-state index contributed by atoms with van der Waals surface area (Å²) in [4.78, 5) is 11.8. The summed E-state index contributed by atoms with van der Waals surface area (Å²) < 4.78 is 0. The van der Waals surface area contributed by atoms with Gasteiger partial charge in [-0.1, -0.05) is 12.1 Å². The molecule has 1 aliphatic rings. The monoisotopic (exact) mass is 264 g/mol. The Morgan fingerprint density at radius 1 is 1.28 bits per heavy atom. The van der Waals surface area contributed by atoms with Crippen molar-refractivity contribution in [1.82, 2.24) is 5.32 Å². The standard InChI is InChI=1S/C14H20N2OS/c15-13-3-1-12(2-4-13)10-16-14(17)9-11-5-7-18-8-6-11/h1-4,11H,5-10,15H2,(H,16,17). The summed E-state index contributed by atoms with van der Waals surface area (Å²) in [5.41, 5.74) is 7.47. The van der Waals surface area contributed by atoms with Gasteiger partial charge in [0.15, 0.2) is 0 Å². The molecule has 1 amide bonds. The Morgan fingerprint density at radius 2 is 1.94 bits per heavy atom. The Morgan fingerprint density at radius 3 is 2.61 bits per heavy atom. The molecule has 2 rings (SSSR count). The van der Waals surface area contributed by atoms with Gasteiger partial charge in [-0.2, -0.15) is 11.8 Å². The van der Waals surface area contributed by atoms with Gasteiger partial charge < -0.3 is 11.1 Å². The first-order valence-corrected chi connectivity index (χ1v) is 7.58. The fraction of sp³-hybridized carbons (Fsp3) is 0.500. The topological polar surface area (TPSA) is 55.1 Å². The average molecular weight is 264 g/mol. The van der Waals surface area contributed by atoms with Crippen LogP contribution in [0.3, 0.4) is 0 Å². The maximum absolute atomic E-state index is 11.8. The van der Waals surface area contributed by atoms with E-state index in [1.165, 1.54) is 24.3 Å². The predicted molar refractivity (Wildman–Crippen MR) is 77.4 cm³/mol. The molecule has 4 heteroatoms. The lowest BCUT2D eigenvalue weighted by Gasteiger charge is -2.20. The van der Waals surface area contributed by atoms with Gasteiger partial charge in [-0.05, 0) is 48.0 Å². The number of nitrogen functional groups attached to an aromatic ring is 1. The van der Waals surface area contributed by atoms with Crippen molar-refractivity contribution in [3.05, 3.63) is 29.8 Å². The number of carbonyl (C=O) groups excluding carboxylic acids is 1. The summed E-state index contributed by atoms with van der Waals surface area (Å²) in [5.74, 6) is 3.16. The zero-order chi connectivity index (χ0) is 12.8. The molecule has 0 atom stereocenters. The highest BCUT2D eigenvalue weighted by atomic mass is 32.2. The van der Waals surface area contributed by atoms with Crippen LogP contribution in [0.1, 0.15) is 24.8 Å². The lowest BCUT2D eigenvalue weighted by molar-refractivity contribution is -0.122. The molecule has 1 fully saturated rings. The molecule has 0 unspecified atom stereocenters. The minimum Gasteiger partial charge on any atom is -0.399 e. The number of thioether (sulfide) groups is 1. The van der Waals surface area contributed by atoms with Crippen molar-refractivity contribution in [2.45, 2.75) is 25.8 Å². The molecule has 3 N–H and O–H groups in total. The molecule has 1 heterocycles. The fourth-order valence-electron chi connectivity index (χ4n) is 2.12. The Labute approximate surface area is 113 Å². The number of benzene rings is 1. The predicted octanol–water partition coefficient (Wildman–Crippen LogP) is 2.42. The summed E-state index contributed by atoms with van der Waals surface area (Å²) in [6, 6.07) is 7.62. The maximum Gasteiger partial charge on any atom is 0.220 e. The molecule has 0 radical (unpaired) electrons. The molecule has 3 nitrogen and oxygen atoms in total. The van der Waals surface area contributed by atoms with Gasteiger partial charge in [0, 0.05) is 18.7 Å². The number of amides is 1. The summed E-state index contributed by atoms with van der Waals surface area (Å²) in [5, 5.41) is 2.98. The first-order valence-electron chi connectivity index (χ1n) is 6.43. The summed E-state index contributed by atoms with van der Waals surface area (Å²) in [7, 11) is 0. The van der Waals surface area contributed by atoms with Crippen molar-refractivity contribution in [3.63, 3.8) is 0 Å². The minimum atomic E-state index is 0.170. The van der Waals surface area contributed by atoms with E-state index in [0.29, 0.717) is 18.9 Å². The van der Waals surface area contributed by atoms with Crippen LogP contribution in [0.4, 0.5) is 5.69 Å². The Balaban J connectivity index is 1.72. The van der Waals surface area contributed by atoms with Crippen molar-refractivity contribution in [3.8, 4) is 0 Å². The highest BCUT2D eigenvalue weighted by Crippen LogP contribution is 2.25. The molecule has 98 valence electrons. The van der Waals surface area contributed by atoms with Crippen molar-refractivity contribution >= 4 is 23.4 Å². The van der Waals surface area contributed by atoms with Crippen molar-refractivity contribution in [2.75, 3.05) is 17.2 Å². The molecule has 1 saturated heterocycles. The second-order valence-electron chi connectivity index (χ2n) is 4.78. The van der Waals surface area contributed by atoms with E-state index in [-0.39, 0.29) is 5.91 Å². The average Bonchev–Trinajstić information content (AvgIpc) is 2.39. The number of nitrogens with two attached hydrogens (primary N) is 1. The lowest BCUT2D eigenvalue weighted by atomic mass is 9.98. The third kappa shape index (κ3) is 4.26. The van der Waals surface area contributed by atoms with E-state index >= 15 is 0 Å². The molecule has 0 aliphatic carbocycles. The van der Waals surface area contributed by atoms with E-state index in [1.807, 2.05) is 36.0 Å². The number of rotatable bonds is 4. The van der Waals surface area contributed by atoms with Crippen LogP contribution >= 0.6 is 11.8 Å². The van der Waals surface area contributed by atoms with E-state index in [1.54, 1.807) is 0 Å². The van der Waals surface area contributed by atoms with Crippen molar-refractivity contribution in [1.29, 1.82) is 0 Å². The van der Waals surface area contributed by atoms with Crippen LogP contribution in [0.5, 0.6) is 0 Å². The normalized spacial score (nSPS) is 16.4. The largest absolute Gasteiger partial charge is 0.399 e. The van der Waals surface area contributed by atoms with E-state index in [4.69, 9.17) is 5.73 Å². The molecular weight excluding hydrogens is 244 g/mol. The Bertz CT molecular complexity index is 385. The van der Waals surface area contributed by atoms with Gasteiger partial charge in [-0.3, -0.25) is 4.79 Å². The molecule has 0 spiro atoms. The van der Waals surface area contributed by atoms with Gasteiger partial charge in [0.25, 0.3) is 0 Å². The van der Waals surface area contributed by atoms with Crippen LogP contribution < -0.4 is 11.1 Å². The lowest BCUT2D eigenvalue weighted by Crippen LogP contribution is -2.26. The minimum absolute atomic E-state index is 0.170. The fourth-order valence-corrected chi connectivity index (χ4v) is 3.33. The first kappa shape index (κ1) is 13.3. The molecule has 1 aromatic carbocycles. The molecule has 1 aromatic rings. The second kappa shape index (κ2) is 6.69. The van der Waals surface area contributed by atoms with Gasteiger partial charge in [0.2, 0.25) is 5.91 Å². The van der Waals surface area contributed by atoms with Crippen LogP contribution in [0, 0.1) is 5.92 Å². The number of hydrogen-bond donors (Lipinski definition) is 2. The third-order valence-corrected chi connectivity index (χ3v) is 4.33. The van der Waals surface area contributed by atoms with Crippen LogP contribution in [-0.4, -0.2) is 17.4 Å². The molecule has 0 bridgehead atoms. The molecular formula is C14H20N2OS. The van der Waals surface area contributed by atoms with Gasteiger partial charge in [0.1, 0.15) is 0 Å². The van der Waals surface area contributed by atoms with Crippen LogP contribution in [0.2, 0.25) is 0 Å². The number of anilines is 1. The van der Waals surface area contributed by atoms with Crippen molar-refractivity contribution in [2.24, 2.45) is 5.92 Å². The quantitative estimate of drug-likeness (QED) is 0.821. The zero-order valence-corrected chi connectivity index (χ0v) is 11.3. The number of nitrogens with one attached hydrogen (secondary N) is 1. The SMILES string of the molecule is Nc1ccc(CNC(=O)CC2CCSCC2)cc1. The highest BCUT2D eigenvalue weighted by molar-refractivity contribution is 7.99. The Hall–Kier alpha value is -1.16. The van der Waals surface area contributed by atoms with Gasteiger partial charge in [0.05, 0.1) is 0 Å².